The predicted molar refractivity (Wildman–Crippen MR) is 41.3 cm³/mol. The molecule has 0 aromatic carbocycles. The van der Waals surface area contributed by atoms with Gasteiger partial charge in [0.2, 0.25) is 0 Å². The summed E-state index contributed by atoms with van der Waals surface area (Å²) in [5, 5.41) is 0. The molecule has 0 aliphatic carbocycles. The fourth-order valence-corrected chi connectivity index (χ4v) is 1.22. The van der Waals surface area contributed by atoms with E-state index in [0.717, 1.165) is 30.2 Å². The van der Waals surface area contributed by atoms with E-state index in [0.29, 0.717) is 6.54 Å². The SMILES string of the molecule is NCc1ccc2c(n1)CCO2. The van der Waals surface area contributed by atoms with Crippen LogP contribution < -0.4 is 10.5 Å². The average molecular weight is 150 g/mol. The lowest BCUT2D eigenvalue weighted by molar-refractivity contribution is 0.357. The second-order valence-corrected chi connectivity index (χ2v) is 2.55. The van der Waals surface area contributed by atoms with Crippen LogP contribution in [0.25, 0.3) is 0 Å². The molecule has 0 saturated carbocycles. The summed E-state index contributed by atoms with van der Waals surface area (Å²) in [4.78, 5) is 4.32. The van der Waals surface area contributed by atoms with E-state index in [1.54, 1.807) is 0 Å². The van der Waals surface area contributed by atoms with Gasteiger partial charge in [0.15, 0.2) is 0 Å². The Hall–Kier alpha value is -1.09. The van der Waals surface area contributed by atoms with Gasteiger partial charge in [-0.15, -0.1) is 0 Å². The Morgan fingerprint density at radius 3 is 3.27 bits per heavy atom. The Morgan fingerprint density at radius 2 is 2.45 bits per heavy atom. The van der Waals surface area contributed by atoms with E-state index >= 15 is 0 Å². The number of aromatic nitrogens is 1. The molecule has 0 amide bonds. The van der Waals surface area contributed by atoms with Gasteiger partial charge in [0, 0.05) is 13.0 Å². The number of hydrogen-bond donors (Lipinski definition) is 1. The van der Waals surface area contributed by atoms with Gasteiger partial charge < -0.3 is 10.5 Å². The topological polar surface area (TPSA) is 48.1 Å². The van der Waals surface area contributed by atoms with Gasteiger partial charge in [-0.3, -0.25) is 4.98 Å². The summed E-state index contributed by atoms with van der Waals surface area (Å²) in [5.41, 5.74) is 7.43. The first-order chi connectivity index (χ1) is 5.40. The molecule has 0 bridgehead atoms. The van der Waals surface area contributed by atoms with Gasteiger partial charge in [0.05, 0.1) is 18.0 Å². The van der Waals surface area contributed by atoms with E-state index in [1.807, 2.05) is 12.1 Å². The van der Waals surface area contributed by atoms with Crippen molar-refractivity contribution >= 4 is 0 Å². The molecule has 0 fully saturated rings. The zero-order chi connectivity index (χ0) is 7.68. The minimum absolute atomic E-state index is 0.507. The normalized spacial score (nSPS) is 14.3. The van der Waals surface area contributed by atoms with Gasteiger partial charge in [0.1, 0.15) is 5.75 Å². The summed E-state index contributed by atoms with van der Waals surface area (Å²) in [5.74, 6) is 0.919. The molecule has 2 rings (SSSR count). The summed E-state index contributed by atoms with van der Waals surface area (Å²) in [6.45, 7) is 1.27. The van der Waals surface area contributed by atoms with Crippen LogP contribution >= 0.6 is 0 Å². The fraction of sp³-hybridized carbons (Fsp3) is 0.375. The quantitative estimate of drug-likeness (QED) is 0.633. The monoisotopic (exact) mass is 150 g/mol. The molecule has 0 unspecified atom stereocenters. The number of nitrogens with two attached hydrogens (primary N) is 1. The molecule has 0 saturated heterocycles. The first kappa shape index (κ1) is 6.61. The van der Waals surface area contributed by atoms with E-state index in [4.69, 9.17) is 10.5 Å². The second kappa shape index (κ2) is 2.51. The minimum Gasteiger partial charge on any atom is -0.491 e. The lowest BCUT2D eigenvalue weighted by Gasteiger charge is -1.99. The van der Waals surface area contributed by atoms with E-state index < -0.39 is 0 Å². The van der Waals surface area contributed by atoms with Crippen molar-refractivity contribution in [3.63, 3.8) is 0 Å². The maximum absolute atomic E-state index is 5.44. The zero-order valence-corrected chi connectivity index (χ0v) is 6.21. The molecule has 3 heteroatoms. The highest BCUT2D eigenvalue weighted by molar-refractivity contribution is 5.32. The maximum atomic E-state index is 5.44. The van der Waals surface area contributed by atoms with Crippen molar-refractivity contribution in [3.8, 4) is 5.75 Å². The van der Waals surface area contributed by atoms with Crippen molar-refractivity contribution in [2.24, 2.45) is 5.73 Å². The van der Waals surface area contributed by atoms with Gasteiger partial charge in [-0.2, -0.15) is 0 Å². The average Bonchev–Trinajstić information content (AvgIpc) is 2.50. The Balaban J connectivity index is 2.41. The number of pyridine rings is 1. The predicted octanol–water partition coefficient (Wildman–Crippen LogP) is 0.475. The molecular weight excluding hydrogens is 140 g/mol. The van der Waals surface area contributed by atoms with Crippen LogP contribution in [-0.2, 0) is 13.0 Å². The number of hydrogen-bond acceptors (Lipinski definition) is 3. The first-order valence-electron chi connectivity index (χ1n) is 3.72. The van der Waals surface area contributed by atoms with Crippen molar-refractivity contribution in [1.82, 2.24) is 4.98 Å². The lowest BCUT2D eigenvalue weighted by atomic mass is 10.2. The molecule has 3 nitrogen and oxygen atoms in total. The maximum Gasteiger partial charge on any atom is 0.140 e. The molecule has 1 aliphatic rings. The van der Waals surface area contributed by atoms with Gasteiger partial charge in [-0.1, -0.05) is 0 Å². The third-order valence-electron chi connectivity index (χ3n) is 1.80. The van der Waals surface area contributed by atoms with Crippen LogP contribution in [0.1, 0.15) is 11.4 Å². The Labute approximate surface area is 65.2 Å². The van der Waals surface area contributed by atoms with Gasteiger partial charge in [-0.05, 0) is 12.1 Å². The van der Waals surface area contributed by atoms with Crippen LogP contribution in [0.15, 0.2) is 12.1 Å². The standard InChI is InChI=1S/C8H10N2O/c9-5-6-1-2-8-7(10-6)3-4-11-8/h1-2H,3-5,9H2. The summed E-state index contributed by atoms with van der Waals surface area (Å²) in [6, 6.07) is 3.85. The minimum atomic E-state index is 0.507. The molecule has 1 aromatic rings. The molecule has 0 spiro atoms. The van der Waals surface area contributed by atoms with Gasteiger partial charge in [-0.25, -0.2) is 0 Å². The van der Waals surface area contributed by atoms with Crippen molar-refractivity contribution in [3.05, 3.63) is 23.5 Å². The summed E-state index contributed by atoms with van der Waals surface area (Å²) >= 11 is 0. The third kappa shape index (κ3) is 1.07. The van der Waals surface area contributed by atoms with Crippen LogP contribution in [0.5, 0.6) is 5.75 Å². The van der Waals surface area contributed by atoms with Gasteiger partial charge >= 0.3 is 0 Å². The Bertz CT molecular complexity index is 273. The van der Waals surface area contributed by atoms with Crippen LogP contribution in [-0.4, -0.2) is 11.6 Å². The molecule has 2 heterocycles. The molecule has 1 aromatic heterocycles. The van der Waals surface area contributed by atoms with Crippen LogP contribution in [0, 0.1) is 0 Å². The van der Waals surface area contributed by atoms with Crippen molar-refractivity contribution in [2.75, 3.05) is 6.61 Å². The largest absolute Gasteiger partial charge is 0.491 e. The number of fused-ring (bicyclic) bond motifs is 1. The zero-order valence-electron chi connectivity index (χ0n) is 6.21. The van der Waals surface area contributed by atoms with Crippen LogP contribution in [0.3, 0.4) is 0 Å². The Kier molecular flexibility index (Phi) is 1.51. The molecule has 2 N–H and O–H groups in total. The van der Waals surface area contributed by atoms with Crippen molar-refractivity contribution in [1.29, 1.82) is 0 Å². The summed E-state index contributed by atoms with van der Waals surface area (Å²) in [7, 11) is 0. The number of rotatable bonds is 1. The van der Waals surface area contributed by atoms with Crippen molar-refractivity contribution < 1.29 is 4.74 Å². The molecule has 0 atom stereocenters. The molecule has 0 radical (unpaired) electrons. The lowest BCUT2D eigenvalue weighted by Crippen LogP contribution is -2.00. The fourth-order valence-electron chi connectivity index (χ4n) is 1.22. The Morgan fingerprint density at radius 1 is 1.55 bits per heavy atom. The highest BCUT2D eigenvalue weighted by Crippen LogP contribution is 2.22. The molecule has 58 valence electrons. The number of ether oxygens (including phenoxy) is 1. The van der Waals surface area contributed by atoms with E-state index in [9.17, 15) is 0 Å². The summed E-state index contributed by atoms with van der Waals surface area (Å²) < 4.78 is 5.29. The van der Waals surface area contributed by atoms with E-state index in [1.165, 1.54) is 0 Å². The van der Waals surface area contributed by atoms with Crippen LogP contribution in [0.2, 0.25) is 0 Å². The van der Waals surface area contributed by atoms with E-state index in [2.05, 4.69) is 4.98 Å². The highest BCUT2D eigenvalue weighted by Gasteiger charge is 2.12. The first-order valence-corrected chi connectivity index (χ1v) is 3.72. The molecule has 1 aliphatic heterocycles. The van der Waals surface area contributed by atoms with Gasteiger partial charge in [0.25, 0.3) is 0 Å². The smallest absolute Gasteiger partial charge is 0.140 e. The highest BCUT2D eigenvalue weighted by atomic mass is 16.5. The molecular formula is C8H10N2O. The second-order valence-electron chi connectivity index (χ2n) is 2.55. The van der Waals surface area contributed by atoms with E-state index in [-0.39, 0.29) is 0 Å². The third-order valence-corrected chi connectivity index (χ3v) is 1.80. The van der Waals surface area contributed by atoms with Crippen molar-refractivity contribution in [2.45, 2.75) is 13.0 Å². The van der Waals surface area contributed by atoms with Crippen LogP contribution in [0.4, 0.5) is 0 Å². The number of nitrogens with zero attached hydrogens (tertiary/aromatic N) is 1. The molecule has 11 heavy (non-hydrogen) atoms. The summed E-state index contributed by atoms with van der Waals surface area (Å²) in [6.07, 6.45) is 0.920.